The number of carbonyl (C=O) groups is 2. The predicted octanol–water partition coefficient (Wildman–Crippen LogP) is -2.12. The van der Waals surface area contributed by atoms with Crippen LogP contribution >= 0.6 is 0 Å². The van der Waals surface area contributed by atoms with E-state index < -0.39 is 13.2 Å². The normalized spacial score (nSPS) is 36.1. The van der Waals surface area contributed by atoms with Gasteiger partial charge in [-0.05, 0) is 19.3 Å². The van der Waals surface area contributed by atoms with Crippen molar-refractivity contribution in [3.63, 3.8) is 0 Å². The van der Waals surface area contributed by atoms with Crippen LogP contribution in [0.3, 0.4) is 0 Å². The van der Waals surface area contributed by atoms with Crippen LogP contribution in [0.25, 0.3) is 0 Å². The van der Waals surface area contributed by atoms with Crippen molar-refractivity contribution in [3.05, 3.63) is 0 Å². The van der Waals surface area contributed by atoms with Gasteiger partial charge in [0.25, 0.3) is 0 Å². The largest absolute Gasteiger partial charge is 0.387 e. The van der Waals surface area contributed by atoms with Gasteiger partial charge < -0.3 is 20.8 Å². The smallest absolute Gasteiger partial charge is 0.246 e. The Bertz CT molecular complexity index is 267. The lowest BCUT2D eigenvalue weighted by Crippen LogP contribution is -2.84. The van der Waals surface area contributed by atoms with Crippen molar-refractivity contribution in [1.82, 2.24) is 10.6 Å². The van der Waals surface area contributed by atoms with Crippen LogP contribution in [0.15, 0.2) is 0 Å². The first-order valence-corrected chi connectivity index (χ1v) is 4.87. The SMILES string of the molecule is O=C(CO)NC12CC(NC(=O)CO)(C1)C2. The number of aliphatic hydroxyl groups is 2. The van der Waals surface area contributed by atoms with Crippen LogP contribution in [0.2, 0.25) is 0 Å². The number of amides is 2. The predicted molar refractivity (Wildman–Crippen MR) is 49.8 cm³/mol. The minimum absolute atomic E-state index is 0.220. The third-order valence-corrected chi connectivity index (χ3v) is 3.13. The monoisotopic (exact) mass is 214 g/mol. The first kappa shape index (κ1) is 10.4. The van der Waals surface area contributed by atoms with Crippen LogP contribution in [0.1, 0.15) is 19.3 Å². The summed E-state index contributed by atoms with van der Waals surface area (Å²) < 4.78 is 0. The summed E-state index contributed by atoms with van der Waals surface area (Å²) in [5.41, 5.74) is -0.439. The molecule has 3 rings (SSSR count). The molecular weight excluding hydrogens is 200 g/mol. The Morgan fingerprint density at radius 1 is 0.933 bits per heavy atom. The molecule has 0 aromatic carbocycles. The summed E-state index contributed by atoms with van der Waals surface area (Å²) in [7, 11) is 0. The standard InChI is InChI=1S/C9H14N2O4/c12-1-6(14)10-8-3-9(4-8,5-8)11-7(15)2-13/h12-13H,1-5H2,(H,10,14)(H,11,15). The van der Waals surface area contributed by atoms with Gasteiger partial charge in [-0.1, -0.05) is 0 Å². The van der Waals surface area contributed by atoms with Gasteiger partial charge in [0.2, 0.25) is 11.8 Å². The maximum atomic E-state index is 10.9. The highest BCUT2D eigenvalue weighted by Gasteiger charge is 2.69. The fourth-order valence-electron chi connectivity index (χ4n) is 2.72. The average Bonchev–Trinajstić information content (AvgIpc) is 2.11. The van der Waals surface area contributed by atoms with Crippen molar-refractivity contribution >= 4 is 11.8 Å². The highest BCUT2D eigenvalue weighted by molar-refractivity contribution is 5.80. The van der Waals surface area contributed by atoms with Crippen molar-refractivity contribution in [1.29, 1.82) is 0 Å². The van der Waals surface area contributed by atoms with Crippen molar-refractivity contribution in [2.75, 3.05) is 13.2 Å². The van der Waals surface area contributed by atoms with Crippen molar-refractivity contribution in [3.8, 4) is 0 Å². The lowest BCUT2D eigenvalue weighted by molar-refractivity contribution is -0.152. The molecule has 6 nitrogen and oxygen atoms in total. The zero-order chi connectivity index (χ0) is 11.1. The van der Waals surface area contributed by atoms with Gasteiger partial charge in [0.15, 0.2) is 0 Å². The minimum Gasteiger partial charge on any atom is -0.387 e. The third-order valence-electron chi connectivity index (χ3n) is 3.13. The molecule has 2 amide bonds. The topological polar surface area (TPSA) is 98.7 Å². The summed E-state index contributed by atoms with van der Waals surface area (Å²) >= 11 is 0. The van der Waals surface area contributed by atoms with E-state index in [0.29, 0.717) is 19.3 Å². The molecule has 15 heavy (non-hydrogen) atoms. The van der Waals surface area contributed by atoms with Crippen LogP contribution in [-0.2, 0) is 9.59 Å². The zero-order valence-electron chi connectivity index (χ0n) is 8.25. The zero-order valence-corrected chi connectivity index (χ0v) is 8.25. The Morgan fingerprint density at radius 3 is 1.53 bits per heavy atom. The van der Waals surface area contributed by atoms with E-state index in [-0.39, 0.29) is 22.9 Å². The summed E-state index contributed by atoms with van der Waals surface area (Å²) in [5, 5.41) is 22.6. The summed E-state index contributed by atoms with van der Waals surface area (Å²) in [6, 6.07) is 0. The molecule has 0 saturated heterocycles. The molecule has 0 atom stereocenters. The van der Waals surface area contributed by atoms with Gasteiger partial charge in [-0.3, -0.25) is 9.59 Å². The maximum absolute atomic E-state index is 10.9. The average molecular weight is 214 g/mol. The number of aliphatic hydroxyl groups excluding tert-OH is 2. The molecule has 3 aliphatic carbocycles. The number of nitrogens with one attached hydrogen (secondary N) is 2. The molecule has 3 aliphatic rings. The summed E-state index contributed by atoms with van der Waals surface area (Å²) in [6.45, 7) is -1.00. The van der Waals surface area contributed by atoms with E-state index in [9.17, 15) is 9.59 Å². The number of hydrogen-bond donors (Lipinski definition) is 4. The van der Waals surface area contributed by atoms with Gasteiger partial charge in [-0.15, -0.1) is 0 Å². The maximum Gasteiger partial charge on any atom is 0.246 e. The van der Waals surface area contributed by atoms with Crippen molar-refractivity contribution in [2.45, 2.75) is 30.3 Å². The van der Waals surface area contributed by atoms with Crippen molar-refractivity contribution in [2.24, 2.45) is 0 Å². The van der Waals surface area contributed by atoms with E-state index in [2.05, 4.69) is 10.6 Å². The van der Waals surface area contributed by atoms with E-state index in [1.165, 1.54) is 0 Å². The Hall–Kier alpha value is -1.14. The van der Waals surface area contributed by atoms with Crippen LogP contribution in [-0.4, -0.2) is 46.3 Å². The highest BCUT2D eigenvalue weighted by Crippen LogP contribution is 2.60. The summed E-state index contributed by atoms with van der Waals surface area (Å²) in [4.78, 5) is 21.9. The van der Waals surface area contributed by atoms with Gasteiger partial charge in [0, 0.05) is 11.1 Å². The number of hydrogen-bond acceptors (Lipinski definition) is 4. The third kappa shape index (κ3) is 1.59. The second-order valence-corrected chi connectivity index (χ2v) is 4.50. The molecule has 0 unspecified atom stereocenters. The first-order valence-electron chi connectivity index (χ1n) is 4.87. The van der Waals surface area contributed by atoms with Gasteiger partial charge in [0.05, 0.1) is 0 Å². The van der Waals surface area contributed by atoms with E-state index in [1.807, 2.05) is 0 Å². The minimum atomic E-state index is -0.502. The number of carbonyl (C=O) groups excluding carboxylic acids is 2. The molecular formula is C9H14N2O4. The van der Waals surface area contributed by atoms with Gasteiger partial charge in [-0.25, -0.2) is 0 Å². The fourth-order valence-corrected chi connectivity index (χ4v) is 2.72. The molecule has 0 radical (unpaired) electrons. The van der Waals surface area contributed by atoms with Crippen LogP contribution in [0.5, 0.6) is 0 Å². The second kappa shape index (κ2) is 3.18. The molecule has 2 bridgehead atoms. The molecule has 0 spiro atoms. The molecule has 0 aromatic rings. The number of rotatable bonds is 4. The molecule has 3 fully saturated rings. The molecule has 0 aliphatic heterocycles. The van der Waals surface area contributed by atoms with Gasteiger partial charge in [-0.2, -0.15) is 0 Å². The quantitative estimate of drug-likeness (QED) is 0.430. The Labute approximate surface area is 86.7 Å². The lowest BCUT2D eigenvalue weighted by atomic mass is 9.44. The van der Waals surface area contributed by atoms with Gasteiger partial charge in [0.1, 0.15) is 13.2 Å². The highest BCUT2D eigenvalue weighted by atomic mass is 16.3. The molecule has 3 saturated carbocycles. The molecule has 84 valence electrons. The van der Waals surface area contributed by atoms with E-state index in [1.54, 1.807) is 0 Å². The first-order chi connectivity index (χ1) is 7.03. The Balaban J connectivity index is 1.80. The van der Waals surface area contributed by atoms with Crippen molar-refractivity contribution < 1.29 is 19.8 Å². The molecule has 4 N–H and O–H groups in total. The van der Waals surface area contributed by atoms with Gasteiger partial charge >= 0.3 is 0 Å². The fraction of sp³-hybridized carbons (Fsp3) is 0.778. The van der Waals surface area contributed by atoms with Crippen LogP contribution in [0, 0.1) is 0 Å². The van der Waals surface area contributed by atoms with E-state index >= 15 is 0 Å². The Morgan fingerprint density at radius 2 is 1.27 bits per heavy atom. The lowest BCUT2D eigenvalue weighted by Gasteiger charge is -2.70. The molecule has 6 heteroatoms. The summed E-state index contributed by atoms with van der Waals surface area (Å²) in [5.74, 6) is -0.756. The van der Waals surface area contributed by atoms with Crippen LogP contribution in [0.4, 0.5) is 0 Å². The Kier molecular flexibility index (Phi) is 2.20. The second-order valence-electron chi connectivity index (χ2n) is 4.50. The van der Waals surface area contributed by atoms with E-state index in [4.69, 9.17) is 10.2 Å². The summed E-state index contributed by atoms with van der Waals surface area (Å²) in [6.07, 6.45) is 2.08. The molecule has 0 aromatic heterocycles. The van der Waals surface area contributed by atoms with Crippen LogP contribution < -0.4 is 10.6 Å². The van der Waals surface area contributed by atoms with E-state index in [0.717, 1.165) is 0 Å². The molecule has 0 heterocycles.